The maximum Gasteiger partial charge on any atom is 0.251 e. The van der Waals surface area contributed by atoms with Crippen molar-refractivity contribution >= 4 is 23.4 Å². The summed E-state index contributed by atoms with van der Waals surface area (Å²) >= 11 is 1.98. The fourth-order valence-corrected chi connectivity index (χ4v) is 3.56. The molecule has 2 N–H and O–H groups in total. The fourth-order valence-electron chi connectivity index (χ4n) is 2.28. The Morgan fingerprint density at radius 2 is 2.32 bits per heavy atom. The second-order valence-corrected chi connectivity index (χ2v) is 6.15. The zero-order valence-electron chi connectivity index (χ0n) is 11.7. The number of hydrogen-bond donors (Lipinski definition) is 2. The number of rotatable bonds is 5. The molecular weight excluding hydrogens is 256 g/mol. The van der Waals surface area contributed by atoms with E-state index in [0.717, 1.165) is 29.9 Å². The third kappa shape index (κ3) is 3.90. The van der Waals surface area contributed by atoms with Crippen LogP contribution in [-0.2, 0) is 0 Å². The molecular formula is C15H22N2OS. The highest BCUT2D eigenvalue weighted by molar-refractivity contribution is 7.99. The van der Waals surface area contributed by atoms with Gasteiger partial charge < -0.3 is 10.6 Å². The molecule has 1 aromatic carbocycles. The van der Waals surface area contributed by atoms with Gasteiger partial charge in [-0.25, -0.2) is 0 Å². The van der Waals surface area contributed by atoms with E-state index < -0.39 is 0 Å². The molecule has 1 aromatic rings. The smallest absolute Gasteiger partial charge is 0.251 e. The lowest BCUT2D eigenvalue weighted by Crippen LogP contribution is -2.29. The highest BCUT2D eigenvalue weighted by Crippen LogP contribution is 2.22. The van der Waals surface area contributed by atoms with Crippen LogP contribution in [0, 0.1) is 12.8 Å². The molecule has 1 fully saturated rings. The molecule has 0 radical (unpaired) electrons. The van der Waals surface area contributed by atoms with E-state index in [-0.39, 0.29) is 5.91 Å². The van der Waals surface area contributed by atoms with Crippen LogP contribution >= 0.6 is 11.8 Å². The summed E-state index contributed by atoms with van der Waals surface area (Å²) in [7, 11) is 0. The Balaban J connectivity index is 1.92. The molecule has 0 aliphatic carbocycles. The summed E-state index contributed by atoms with van der Waals surface area (Å²) in [5.41, 5.74) is 2.97. The lowest BCUT2D eigenvalue weighted by Gasteiger charge is -2.12. The molecule has 0 bridgehead atoms. The molecule has 1 unspecified atom stereocenters. The maximum atomic E-state index is 12.1. The zero-order valence-corrected chi connectivity index (χ0v) is 12.5. The van der Waals surface area contributed by atoms with Crippen molar-refractivity contribution in [2.75, 3.05) is 29.9 Å². The van der Waals surface area contributed by atoms with Crippen LogP contribution in [0.1, 0.15) is 29.3 Å². The maximum absolute atomic E-state index is 12.1. The quantitative estimate of drug-likeness (QED) is 0.870. The lowest BCUT2D eigenvalue weighted by atomic mass is 10.1. The van der Waals surface area contributed by atoms with E-state index >= 15 is 0 Å². The summed E-state index contributed by atoms with van der Waals surface area (Å²) in [5.74, 6) is 3.11. The highest BCUT2D eigenvalue weighted by atomic mass is 32.2. The summed E-state index contributed by atoms with van der Waals surface area (Å²) < 4.78 is 0. The number of aryl methyl sites for hydroxylation is 1. The zero-order chi connectivity index (χ0) is 13.7. The number of nitrogens with one attached hydrogen (secondary N) is 2. The molecule has 104 valence electrons. The van der Waals surface area contributed by atoms with Gasteiger partial charge in [-0.05, 0) is 61.5 Å². The van der Waals surface area contributed by atoms with Crippen LogP contribution in [0.3, 0.4) is 0 Å². The van der Waals surface area contributed by atoms with Crippen LogP contribution in [0.25, 0.3) is 0 Å². The minimum atomic E-state index is 0.0445. The summed E-state index contributed by atoms with van der Waals surface area (Å²) in [4.78, 5) is 12.1. The van der Waals surface area contributed by atoms with Crippen LogP contribution in [0.15, 0.2) is 18.2 Å². The SMILES string of the molecule is CCNc1ccc(C(=O)NCC2CCSC2)cc1C. The van der Waals surface area contributed by atoms with Crippen molar-refractivity contribution in [1.82, 2.24) is 5.32 Å². The topological polar surface area (TPSA) is 41.1 Å². The van der Waals surface area contributed by atoms with Crippen molar-refractivity contribution in [2.45, 2.75) is 20.3 Å². The highest BCUT2D eigenvalue weighted by Gasteiger charge is 2.16. The second-order valence-electron chi connectivity index (χ2n) is 5.00. The van der Waals surface area contributed by atoms with E-state index in [4.69, 9.17) is 0 Å². The molecule has 1 atom stereocenters. The van der Waals surface area contributed by atoms with Gasteiger partial charge in [0.15, 0.2) is 0 Å². The van der Waals surface area contributed by atoms with Crippen molar-refractivity contribution in [2.24, 2.45) is 5.92 Å². The molecule has 1 aliphatic heterocycles. The molecule has 0 saturated carbocycles. The molecule has 1 saturated heterocycles. The van der Waals surface area contributed by atoms with Crippen LogP contribution in [0.5, 0.6) is 0 Å². The fraction of sp³-hybridized carbons (Fsp3) is 0.533. The monoisotopic (exact) mass is 278 g/mol. The summed E-state index contributed by atoms with van der Waals surface area (Å²) in [6, 6.07) is 5.83. The predicted octanol–water partition coefficient (Wildman–Crippen LogP) is 2.91. The van der Waals surface area contributed by atoms with Gasteiger partial charge in [-0.1, -0.05) is 0 Å². The van der Waals surface area contributed by atoms with Crippen LogP contribution in [0.2, 0.25) is 0 Å². The third-order valence-electron chi connectivity index (χ3n) is 3.43. The van der Waals surface area contributed by atoms with E-state index in [9.17, 15) is 4.79 Å². The lowest BCUT2D eigenvalue weighted by molar-refractivity contribution is 0.0948. The molecule has 4 heteroatoms. The number of thioether (sulfide) groups is 1. The summed E-state index contributed by atoms with van der Waals surface area (Å²) in [5, 5.41) is 6.33. The largest absolute Gasteiger partial charge is 0.385 e. The average Bonchev–Trinajstić information content (AvgIpc) is 2.91. The van der Waals surface area contributed by atoms with Gasteiger partial charge in [-0.15, -0.1) is 0 Å². The van der Waals surface area contributed by atoms with Crippen LogP contribution < -0.4 is 10.6 Å². The van der Waals surface area contributed by atoms with Crippen molar-refractivity contribution < 1.29 is 4.79 Å². The molecule has 3 nitrogen and oxygen atoms in total. The first-order chi connectivity index (χ1) is 9.20. The number of carbonyl (C=O) groups is 1. The van der Waals surface area contributed by atoms with Crippen molar-refractivity contribution in [1.29, 1.82) is 0 Å². The third-order valence-corrected chi connectivity index (χ3v) is 4.66. The standard InChI is InChI=1S/C15H22N2OS/c1-3-16-14-5-4-13(8-11(14)2)15(18)17-9-12-6-7-19-10-12/h4-5,8,12,16H,3,6-7,9-10H2,1-2H3,(H,17,18). The van der Waals surface area contributed by atoms with Crippen molar-refractivity contribution in [3.05, 3.63) is 29.3 Å². The van der Waals surface area contributed by atoms with Gasteiger partial charge in [0.1, 0.15) is 0 Å². The normalized spacial score (nSPS) is 18.3. The van der Waals surface area contributed by atoms with Gasteiger partial charge in [0.05, 0.1) is 0 Å². The Kier molecular flexibility index (Phi) is 5.14. The molecule has 1 amide bonds. The van der Waals surface area contributed by atoms with Gasteiger partial charge in [-0.3, -0.25) is 4.79 Å². The van der Waals surface area contributed by atoms with Gasteiger partial charge in [-0.2, -0.15) is 11.8 Å². The first-order valence-corrected chi connectivity index (χ1v) is 8.06. The molecule has 1 aliphatic rings. The first kappa shape index (κ1) is 14.3. The van der Waals surface area contributed by atoms with Gasteiger partial charge in [0.25, 0.3) is 5.91 Å². The van der Waals surface area contributed by atoms with Crippen LogP contribution in [-0.4, -0.2) is 30.5 Å². The Bertz CT molecular complexity index is 442. The number of carbonyl (C=O) groups excluding carboxylic acids is 1. The average molecular weight is 278 g/mol. The van der Waals surface area contributed by atoms with E-state index in [1.165, 1.54) is 17.9 Å². The second kappa shape index (κ2) is 6.85. The Morgan fingerprint density at radius 1 is 1.47 bits per heavy atom. The molecule has 0 aromatic heterocycles. The number of benzene rings is 1. The van der Waals surface area contributed by atoms with Gasteiger partial charge in [0.2, 0.25) is 0 Å². The molecule has 0 spiro atoms. The molecule has 1 heterocycles. The predicted molar refractivity (Wildman–Crippen MR) is 83.1 cm³/mol. The van der Waals surface area contributed by atoms with Gasteiger partial charge in [0, 0.05) is 24.3 Å². The van der Waals surface area contributed by atoms with Crippen molar-refractivity contribution in [3.8, 4) is 0 Å². The van der Waals surface area contributed by atoms with E-state index in [1.807, 2.05) is 36.9 Å². The molecule has 19 heavy (non-hydrogen) atoms. The molecule has 2 rings (SSSR count). The number of amides is 1. The Morgan fingerprint density at radius 3 is 2.95 bits per heavy atom. The minimum absolute atomic E-state index is 0.0445. The van der Waals surface area contributed by atoms with Crippen molar-refractivity contribution in [3.63, 3.8) is 0 Å². The van der Waals surface area contributed by atoms with E-state index in [0.29, 0.717) is 5.92 Å². The number of anilines is 1. The van der Waals surface area contributed by atoms with E-state index in [1.54, 1.807) is 0 Å². The van der Waals surface area contributed by atoms with Gasteiger partial charge >= 0.3 is 0 Å². The van der Waals surface area contributed by atoms with Crippen LogP contribution in [0.4, 0.5) is 5.69 Å². The Hall–Kier alpha value is -1.16. The first-order valence-electron chi connectivity index (χ1n) is 6.91. The summed E-state index contributed by atoms with van der Waals surface area (Å²) in [6.07, 6.45) is 1.23. The van der Waals surface area contributed by atoms with E-state index in [2.05, 4.69) is 17.6 Å². The Labute approximate surface area is 119 Å². The summed E-state index contributed by atoms with van der Waals surface area (Å²) in [6.45, 7) is 5.80. The minimum Gasteiger partial charge on any atom is -0.385 e. The number of hydrogen-bond acceptors (Lipinski definition) is 3.